The summed E-state index contributed by atoms with van der Waals surface area (Å²) < 4.78 is 40.2. The van der Waals surface area contributed by atoms with Crippen LogP contribution in [-0.2, 0) is 21.1 Å². The van der Waals surface area contributed by atoms with Crippen LogP contribution in [0.25, 0.3) is 0 Å². The molecular weight excluding hydrogens is 481 g/mol. The molecule has 0 aliphatic carbocycles. The van der Waals surface area contributed by atoms with Gasteiger partial charge in [-0.3, -0.25) is 14.4 Å². The number of rotatable bonds is 8. The van der Waals surface area contributed by atoms with E-state index in [1.54, 1.807) is 18.2 Å². The van der Waals surface area contributed by atoms with Gasteiger partial charge < -0.3 is 24.6 Å². The van der Waals surface area contributed by atoms with E-state index in [-0.39, 0.29) is 17.4 Å². The van der Waals surface area contributed by atoms with E-state index in [4.69, 9.17) is 21.1 Å². The number of halogens is 2. The lowest BCUT2D eigenvalue weighted by molar-refractivity contribution is -0.140. The molecular formula is C19H23F2N4O6PS. The molecule has 0 saturated carbocycles. The van der Waals surface area contributed by atoms with Crippen LogP contribution in [0.1, 0.15) is 30.4 Å². The summed E-state index contributed by atoms with van der Waals surface area (Å²) >= 11 is 4.86. The zero-order valence-electron chi connectivity index (χ0n) is 17.6. The number of carbonyl (C=O) groups excluding carboxylic acids is 1. The van der Waals surface area contributed by atoms with Crippen molar-refractivity contribution in [3.05, 3.63) is 58.6 Å². The van der Waals surface area contributed by atoms with Gasteiger partial charge in [-0.25, -0.2) is 4.79 Å². The summed E-state index contributed by atoms with van der Waals surface area (Å²) in [5.41, 5.74) is -0.808. The predicted octanol–water partition coefficient (Wildman–Crippen LogP) is 1.62. The first kappa shape index (κ1) is 25.3. The molecule has 1 aromatic heterocycles. The van der Waals surface area contributed by atoms with Crippen molar-refractivity contribution in [3.63, 3.8) is 0 Å². The van der Waals surface area contributed by atoms with Crippen molar-refractivity contribution in [2.45, 2.75) is 44.2 Å². The molecule has 180 valence electrons. The van der Waals surface area contributed by atoms with Crippen LogP contribution in [0, 0.1) is 0 Å². The van der Waals surface area contributed by atoms with Gasteiger partial charge in [0.05, 0.1) is 6.61 Å². The minimum absolute atomic E-state index is 0.0388. The molecule has 1 fully saturated rings. The molecule has 3 rings (SSSR count). The van der Waals surface area contributed by atoms with Crippen LogP contribution in [-0.4, -0.2) is 56.2 Å². The molecule has 4 N–H and O–H groups in total. The number of hydrogen-bond acceptors (Lipinski definition) is 8. The monoisotopic (exact) mass is 504 g/mol. The molecule has 4 atom stereocenters. The summed E-state index contributed by atoms with van der Waals surface area (Å²) in [6.07, 6.45) is -5.11. The molecule has 1 aromatic carbocycles. The number of aliphatic hydroxyl groups excluding tert-OH is 1. The zero-order chi connectivity index (χ0) is 24.4. The van der Waals surface area contributed by atoms with Crippen molar-refractivity contribution < 1.29 is 32.8 Å². The largest absolute Gasteiger partial charge is 0.384 e. The molecule has 1 aliphatic rings. The Morgan fingerprint density at radius 2 is 2.03 bits per heavy atom. The topological polar surface area (TPSA) is 135 Å². The third-order valence-corrected chi connectivity index (χ3v) is 6.17. The third kappa shape index (κ3) is 5.99. The van der Waals surface area contributed by atoms with Crippen LogP contribution < -0.4 is 16.1 Å². The highest BCUT2D eigenvalue weighted by atomic mass is 32.5. The average Bonchev–Trinajstić information content (AvgIpc) is 2.96. The Kier molecular flexibility index (Phi) is 7.62. The summed E-state index contributed by atoms with van der Waals surface area (Å²) in [7, 11) is 0. The Bertz CT molecular complexity index is 1100. The molecule has 1 unspecified atom stereocenters. The first-order chi connectivity index (χ1) is 15.4. The number of alkyl halides is 2. The Balaban J connectivity index is 1.69. The number of benzene rings is 1. The molecule has 2 aromatic rings. The van der Waals surface area contributed by atoms with Gasteiger partial charge in [0, 0.05) is 17.8 Å². The minimum atomic E-state index is -3.95. The highest BCUT2D eigenvalue weighted by molar-refractivity contribution is 8.08. The molecule has 1 amide bonds. The average molecular weight is 504 g/mol. The van der Waals surface area contributed by atoms with Gasteiger partial charge in [-0.15, -0.1) is 0 Å². The van der Waals surface area contributed by atoms with Crippen LogP contribution in [0.5, 0.6) is 0 Å². The lowest BCUT2D eigenvalue weighted by atomic mass is 10.1. The van der Waals surface area contributed by atoms with Crippen molar-refractivity contribution in [1.29, 1.82) is 0 Å². The second kappa shape index (κ2) is 9.92. The van der Waals surface area contributed by atoms with Crippen LogP contribution in [0.15, 0.2) is 47.4 Å². The minimum Gasteiger partial charge on any atom is -0.384 e. The molecule has 0 bridgehead atoms. The summed E-state index contributed by atoms with van der Waals surface area (Å²) in [6, 6.07) is 9.13. The van der Waals surface area contributed by atoms with Crippen molar-refractivity contribution >= 4 is 30.2 Å². The van der Waals surface area contributed by atoms with Crippen molar-refractivity contribution in [2.24, 2.45) is 0 Å². The zero-order valence-corrected chi connectivity index (χ0v) is 19.3. The van der Waals surface area contributed by atoms with Gasteiger partial charge in [-0.05, 0) is 43.9 Å². The lowest BCUT2D eigenvalue weighted by Crippen LogP contribution is -2.42. The lowest BCUT2D eigenvalue weighted by Gasteiger charge is -2.21. The van der Waals surface area contributed by atoms with E-state index < -0.39 is 49.2 Å². The molecule has 14 heteroatoms. The molecule has 0 spiro atoms. The van der Waals surface area contributed by atoms with E-state index in [0.29, 0.717) is 4.57 Å². The smallest absolute Gasteiger partial charge is 0.351 e. The van der Waals surface area contributed by atoms with E-state index >= 15 is 0 Å². The number of aromatic nitrogens is 2. The number of nitrogens with zero attached hydrogens (tertiary/aromatic N) is 2. The van der Waals surface area contributed by atoms with Crippen LogP contribution in [0.4, 0.5) is 14.6 Å². The Morgan fingerprint density at radius 1 is 1.36 bits per heavy atom. The fraction of sp³-hybridized carbons (Fsp3) is 0.421. The van der Waals surface area contributed by atoms with Crippen LogP contribution in [0.2, 0.25) is 0 Å². The van der Waals surface area contributed by atoms with E-state index in [0.717, 1.165) is 6.20 Å². The number of nitrogens with one attached hydrogen (secondary N) is 2. The highest BCUT2D eigenvalue weighted by Gasteiger charge is 2.60. The predicted molar refractivity (Wildman–Crippen MR) is 118 cm³/mol. The van der Waals surface area contributed by atoms with Crippen LogP contribution >= 0.6 is 6.64 Å². The second-order valence-corrected chi connectivity index (χ2v) is 10.6. The van der Waals surface area contributed by atoms with Crippen molar-refractivity contribution in [3.8, 4) is 0 Å². The Labute approximate surface area is 192 Å². The Hall–Kier alpha value is -2.28. The number of carbonyl (C=O) groups is 1. The Morgan fingerprint density at radius 3 is 2.64 bits per heavy atom. The van der Waals surface area contributed by atoms with Crippen molar-refractivity contribution in [2.75, 3.05) is 11.9 Å². The molecule has 33 heavy (non-hydrogen) atoms. The normalized spacial score (nSPS) is 23.8. The fourth-order valence-electron chi connectivity index (χ4n) is 3.06. The molecule has 0 radical (unpaired) electrons. The molecule has 1 aliphatic heterocycles. The summed E-state index contributed by atoms with van der Waals surface area (Å²) in [5.74, 6) is -4.40. The first-order valence-electron chi connectivity index (χ1n) is 9.83. The van der Waals surface area contributed by atoms with E-state index in [1.807, 2.05) is 13.8 Å². The third-order valence-electron chi connectivity index (χ3n) is 4.59. The number of amides is 1. The molecule has 2 heterocycles. The summed E-state index contributed by atoms with van der Waals surface area (Å²) in [6.45, 7) is -1.08. The summed E-state index contributed by atoms with van der Waals surface area (Å²) in [4.78, 5) is 38.3. The maximum absolute atomic E-state index is 14.7. The van der Waals surface area contributed by atoms with E-state index in [9.17, 15) is 28.4 Å². The molecule has 1 saturated heterocycles. The number of ether oxygens (including phenoxy) is 1. The first-order valence-corrected chi connectivity index (χ1v) is 12.5. The maximum Gasteiger partial charge on any atom is 0.351 e. The number of aliphatic hydroxyl groups is 1. The van der Waals surface area contributed by atoms with Crippen LogP contribution in [0.3, 0.4) is 0 Å². The van der Waals surface area contributed by atoms with Gasteiger partial charge >= 0.3 is 11.6 Å². The SMILES string of the molecule is CC(C)Nc1ccn([C@@H]2O[C@H](COP(O)(=S)NC(=O)c3ccccc3)[C@@H](O)C2(F)F)c(=O)n1. The number of hydrogen-bond donors (Lipinski definition) is 4. The number of anilines is 1. The van der Waals surface area contributed by atoms with Crippen molar-refractivity contribution in [1.82, 2.24) is 14.6 Å². The van der Waals surface area contributed by atoms with Gasteiger partial charge in [-0.1, -0.05) is 18.2 Å². The van der Waals surface area contributed by atoms with E-state index in [2.05, 4.69) is 15.4 Å². The van der Waals surface area contributed by atoms with Gasteiger partial charge in [-0.2, -0.15) is 13.8 Å². The quantitative estimate of drug-likeness (QED) is 0.396. The van der Waals surface area contributed by atoms with Gasteiger partial charge in [0.1, 0.15) is 11.9 Å². The second-order valence-electron chi connectivity index (χ2n) is 7.57. The van der Waals surface area contributed by atoms with Gasteiger partial charge in [0.15, 0.2) is 6.10 Å². The fourth-order valence-corrected chi connectivity index (χ4v) is 4.29. The standard InChI is InChI=1S/C19H23F2N4O6PS/c1-11(2)22-14-8-9-25(18(28)23-14)17-19(20,21)15(26)13(31-17)10-30-32(29,33)24-16(27)12-6-4-3-5-7-12/h3-9,11,13,15,17,26H,10H2,1-2H3,(H,22,23,28)(H2,24,27,29,33)/t13-,15-,17-,32?/m1/s1. The van der Waals surface area contributed by atoms with Gasteiger partial charge in [0.25, 0.3) is 12.5 Å². The molecule has 10 nitrogen and oxygen atoms in total. The summed E-state index contributed by atoms with van der Waals surface area (Å²) in [5, 5.41) is 15.1. The van der Waals surface area contributed by atoms with E-state index in [1.165, 1.54) is 18.2 Å². The maximum atomic E-state index is 14.7. The highest BCUT2D eigenvalue weighted by Crippen LogP contribution is 2.44. The van der Waals surface area contributed by atoms with Gasteiger partial charge in [0.2, 0.25) is 6.23 Å².